The minimum absolute atomic E-state index is 0.00287. The van der Waals surface area contributed by atoms with Gasteiger partial charge in [0, 0.05) is 13.1 Å². The molecule has 0 bridgehead atoms. The summed E-state index contributed by atoms with van der Waals surface area (Å²) in [7, 11) is 4.01. The monoisotopic (exact) mass is 226 g/mol. The zero-order valence-corrected chi connectivity index (χ0v) is 10.1. The van der Waals surface area contributed by atoms with Crippen LogP contribution < -0.4 is 5.32 Å². The number of aromatic amines is 1. The van der Waals surface area contributed by atoms with Crippen LogP contribution in [-0.2, 0) is 0 Å². The van der Waals surface area contributed by atoms with E-state index in [0.717, 1.165) is 6.54 Å². The summed E-state index contributed by atoms with van der Waals surface area (Å²) in [6, 6.07) is 0. The Morgan fingerprint density at radius 3 is 2.69 bits per heavy atom. The van der Waals surface area contributed by atoms with Crippen LogP contribution in [0.25, 0.3) is 0 Å². The number of carbonyl (C=O) groups excluding carboxylic acids is 1. The van der Waals surface area contributed by atoms with E-state index in [0.29, 0.717) is 6.54 Å². The average Bonchev–Trinajstić information content (AvgIpc) is 2.64. The molecule has 0 unspecified atom stereocenters. The summed E-state index contributed by atoms with van der Waals surface area (Å²) in [5, 5.41) is 15.6. The van der Waals surface area contributed by atoms with E-state index >= 15 is 0 Å². The van der Waals surface area contributed by atoms with E-state index in [1.54, 1.807) is 0 Å². The lowest BCUT2D eigenvalue weighted by molar-refractivity contribution is 0.0919. The molecule has 0 atom stereocenters. The molecule has 0 spiro atoms. The number of hydrogen-bond acceptors (Lipinski definition) is 5. The highest BCUT2D eigenvalue weighted by Crippen LogP contribution is 2.14. The summed E-state index contributed by atoms with van der Waals surface area (Å²) < 4.78 is 0. The molecule has 2 N–H and O–H groups in total. The van der Waals surface area contributed by atoms with Crippen LogP contribution in [0.1, 0.15) is 24.5 Å². The second kappa shape index (κ2) is 5.02. The molecule has 7 heteroatoms. The highest BCUT2D eigenvalue weighted by Gasteiger charge is 2.21. The maximum Gasteiger partial charge on any atom is 0.292 e. The Hall–Kier alpha value is -1.50. The molecule has 1 rings (SSSR count). The fourth-order valence-corrected chi connectivity index (χ4v) is 1.57. The number of H-pyrrole nitrogens is 1. The van der Waals surface area contributed by atoms with E-state index in [1.165, 1.54) is 0 Å². The van der Waals surface area contributed by atoms with E-state index in [4.69, 9.17) is 0 Å². The number of aromatic nitrogens is 4. The Balaban J connectivity index is 2.42. The van der Waals surface area contributed by atoms with Gasteiger partial charge < -0.3 is 10.2 Å². The third-order valence-electron chi connectivity index (χ3n) is 2.02. The van der Waals surface area contributed by atoms with Crippen molar-refractivity contribution in [2.24, 2.45) is 5.41 Å². The fraction of sp³-hybridized carbons (Fsp3) is 0.778. The van der Waals surface area contributed by atoms with Crippen molar-refractivity contribution >= 4 is 5.91 Å². The Bertz CT molecular complexity index is 332. The Morgan fingerprint density at radius 1 is 1.50 bits per heavy atom. The van der Waals surface area contributed by atoms with Gasteiger partial charge in [0.15, 0.2) is 0 Å². The number of tetrazole rings is 1. The molecular weight excluding hydrogens is 208 g/mol. The van der Waals surface area contributed by atoms with Crippen molar-refractivity contribution in [1.29, 1.82) is 0 Å². The van der Waals surface area contributed by atoms with Gasteiger partial charge in [0.25, 0.3) is 11.7 Å². The van der Waals surface area contributed by atoms with Crippen molar-refractivity contribution in [3.8, 4) is 0 Å². The first-order valence-electron chi connectivity index (χ1n) is 5.07. The molecule has 0 saturated carbocycles. The lowest BCUT2D eigenvalue weighted by atomic mass is 9.93. The molecular formula is C9H18N6O. The Kier molecular flexibility index (Phi) is 3.94. The Labute approximate surface area is 94.6 Å². The molecule has 1 heterocycles. The van der Waals surface area contributed by atoms with Crippen molar-refractivity contribution in [2.45, 2.75) is 13.8 Å². The first kappa shape index (κ1) is 12.6. The first-order valence-corrected chi connectivity index (χ1v) is 5.07. The molecule has 7 nitrogen and oxygen atoms in total. The van der Waals surface area contributed by atoms with Crippen molar-refractivity contribution in [2.75, 3.05) is 27.2 Å². The van der Waals surface area contributed by atoms with Gasteiger partial charge in [0.1, 0.15) is 0 Å². The molecule has 0 fully saturated rings. The molecule has 1 aromatic heterocycles. The summed E-state index contributed by atoms with van der Waals surface area (Å²) in [5.74, 6) is -0.235. The van der Waals surface area contributed by atoms with Crippen LogP contribution in [0, 0.1) is 5.41 Å². The van der Waals surface area contributed by atoms with Gasteiger partial charge in [-0.15, -0.1) is 10.2 Å². The summed E-state index contributed by atoms with van der Waals surface area (Å²) in [5.41, 5.74) is 0.00287. The van der Waals surface area contributed by atoms with Gasteiger partial charge in [0.2, 0.25) is 0 Å². The van der Waals surface area contributed by atoms with Crippen molar-refractivity contribution in [3.05, 3.63) is 5.82 Å². The summed E-state index contributed by atoms with van der Waals surface area (Å²) >= 11 is 0. The van der Waals surface area contributed by atoms with Gasteiger partial charge >= 0.3 is 0 Å². The van der Waals surface area contributed by atoms with Crippen LogP contribution in [0.3, 0.4) is 0 Å². The zero-order chi connectivity index (χ0) is 12.2. The normalized spacial score (nSPS) is 11.8. The predicted octanol–water partition coefficient (Wildman–Crippen LogP) is -0.483. The topological polar surface area (TPSA) is 86.8 Å². The lowest BCUT2D eigenvalue weighted by Crippen LogP contribution is -2.40. The first-order chi connectivity index (χ1) is 7.41. The predicted molar refractivity (Wildman–Crippen MR) is 58.8 cm³/mol. The third kappa shape index (κ3) is 3.93. The zero-order valence-electron chi connectivity index (χ0n) is 10.1. The van der Waals surface area contributed by atoms with Crippen molar-refractivity contribution in [1.82, 2.24) is 30.8 Å². The standard InChI is InChI=1S/C9H18N6O/c1-9(2,6-15(3)4)5-10-8(16)7-11-13-14-12-7/h5-6H2,1-4H3,(H,10,16)(H,11,12,13,14). The lowest BCUT2D eigenvalue weighted by Gasteiger charge is -2.28. The fourth-order valence-electron chi connectivity index (χ4n) is 1.57. The second-order valence-electron chi connectivity index (χ2n) is 4.82. The van der Waals surface area contributed by atoms with Crippen molar-refractivity contribution < 1.29 is 4.79 Å². The average molecular weight is 226 g/mol. The molecule has 0 aliphatic carbocycles. The van der Waals surface area contributed by atoms with Crippen LogP contribution in [0.15, 0.2) is 0 Å². The van der Waals surface area contributed by atoms with Gasteiger partial charge in [0.05, 0.1) is 0 Å². The van der Waals surface area contributed by atoms with Gasteiger partial charge in [-0.25, -0.2) is 0 Å². The van der Waals surface area contributed by atoms with Gasteiger partial charge in [-0.05, 0) is 24.7 Å². The molecule has 1 aromatic rings. The van der Waals surface area contributed by atoms with Crippen molar-refractivity contribution in [3.63, 3.8) is 0 Å². The number of amides is 1. The number of nitrogens with one attached hydrogen (secondary N) is 2. The second-order valence-corrected chi connectivity index (χ2v) is 4.82. The largest absolute Gasteiger partial charge is 0.349 e. The number of hydrogen-bond donors (Lipinski definition) is 2. The van der Waals surface area contributed by atoms with Crippen LogP contribution in [0.4, 0.5) is 0 Å². The van der Waals surface area contributed by atoms with E-state index in [2.05, 4.69) is 44.7 Å². The third-order valence-corrected chi connectivity index (χ3v) is 2.02. The summed E-state index contributed by atoms with van der Waals surface area (Å²) in [6.45, 7) is 5.63. The molecule has 90 valence electrons. The molecule has 0 aliphatic rings. The van der Waals surface area contributed by atoms with E-state index < -0.39 is 0 Å². The number of carbonyl (C=O) groups is 1. The van der Waals surface area contributed by atoms with Gasteiger partial charge in [-0.2, -0.15) is 5.21 Å². The van der Waals surface area contributed by atoms with E-state index in [-0.39, 0.29) is 17.1 Å². The Morgan fingerprint density at radius 2 is 2.19 bits per heavy atom. The molecule has 0 aliphatic heterocycles. The highest BCUT2D eigenvalue weighted by molar-refractivity contribution is 5.90. The summed E-state index contributed by atoms with van der Waals surface area (Å²) in [6.07, 6.45) is 0. The van der Waals surface area contributed by atoms with E-state index in [1.807, 2.05) is 14.1 Å². The minimum atomic E-state index is -0.305. The van der Waals surface area contributed by atoms with E-state index in [9.17, 15) is 4.79 Å². The van der Waals surface area contributed by atoms with Crippen LogP contribution in [0.5, 0.6) is 0 Å². The quantitative estimate of drug-likeness (QED) is 0.708. The number of nitrogens with zero attached hydrogens (tertiary/aromatic N) is 4. The maximum atomic E-state index is 11.5. The van der Waals surface area contributed by atoms with Gasteiger partial charge in [-0.3, -0.25) is 4.79 Å². The molecule has 1 amide bonds. The summed E-state index contributed by atoms with van der Waals surface area (Å²) in [4.78, 5) is 13.6. The molecule has 0 aromatic carbocycles. The van der Waals surface area contributed by atoms with Crippen LogP contribution >= 0.6 is 0 Å². The van der Waals surface area contributed by atoms with Crippen LogP contribution in [-0.4, -0.2) is 58.6 Å². The maximum absolute atomic E-state index is 11.5. The van der Waals surface area contributed by atoms with Crippen LogP contribution in [0.2, 0.25) is 0 Å². The SMILES string of the molecule is CN(C)CC(C)(C)CNC(=O)c1nn[nH]n1. The molecule has 16 heavy (non-hydrogen) atoms. The number of rotatable bonds is 5. The minimum Gasteiger partial charge on any atom is -0.349 e. The van der Waals surface area contributed by atoms with Gasteiger partial charge in [-0.1, -0.05) is 13.8 Å². The smallest absolute Gasteiger partial charge is 0.292 e. The molecule has 0 radical (unpaired) electrons. The highest BCUT2D eigenvalue weighted by atomic mass is 16.2. The molecule has 0 saturated heterocycles.